The Kier molecular flexibility index (Phi) is 3.27. The highest BCUT2D eigenvalue weighted by Crippen LogP contribution is 2.56. The number of hydrogen-bond acceptors (Lipinski definition) is 2. The van der Waals surface area contributed by atoms with E-state index in [9.17, 15) is 19.8 Å². The van der Waals surface area contributed by atoms with Gasteiger partial charge >= 0.3 is 11.9 Å². The van der Waals surface area contributed by atoms with Crippen LogP contribution < -0.4 is 0 Å². The normalized spacial score (nSPS) is 45.3. The summed E-state index contributed by atoms with van der Waals surface area (Å²) in [4.78, 5) is 23.0. The van der Waals surface area contributed by atoms with Gasteiger partial charge in [-0.1, -0.05) is 32.1 Å². The molecule has 0 aromatic carbocycles. The fourth-order valence-electron chi connectivity index (χ4n) is 5.33. The molecule has 3 fully saturated rings. The summed E-state index contributed by atoms with van der Waals surface area (Å²) < 4.78 is 0. The molecule has 0 saturated heterocycles. The molecule has 0 amide bonds. The Morgan fingerprint density at radius 1 is 0.842 bits per heavy atom. The lowest BCUT2D eigenvalue weighted by Gasteiger charge is -2.53. The Hall–Kier alpha value is -1.06. The third-order valence-electron chi connectivity index (χ3n) is 5.90. The van der Waals surface area contributed by atoms with Crippen LogP contribution in [0.2, 0.25) is 0 Å². The fourth-order valence-corrected chi connectivity index (χ4v) is 5.33. The highest BCUT2D eigenvalue weighted by molar-refractivity contribution is 5.80. The topological polar surface area (TPSA) is 74.6 Å². The predicted octanol–water partition coefficient (Wildman–Crippen LogP) is 2.62. The van der Waals surface area contributed by atoms with Gasteiger partial charge in [-0.05, 0) is 36.5 Å². The van der Waals surface area contributed by atoms with Crippen molar-refractivity contribution in [2.24, 2.45) is 35.5 Å². The van der Waals surface area contributed by atoms with Gasteiger partial charge in [-0.3, -0.25) is 9.59 Å². The molecule has 4 heteroatoms. The van der Waals surface area contributed by atoms with E-state index in [1.165, 1.54) is 19.3 Å². The van der Waals surface area contributed by atoms with Crippen molar-refractivity contribution < 1.29 is 19.8 Å². The van der Waals surface area contributed by atoms with Crippen LogP contribution in [0.3, 0.4) is 0 Å². The number of rotatable bonds is 2. The second-order valence-corrected chi connectivity index (χ2v) is 6.67. The minimum Gasteiger partial charge on any atom is -0.481 e. The average molecular weight is 266 g/mol. The summed E-state index contributed by atoms with van der Waals surface area (Å²) in [6, 6.07) is 0. The highest BCUT2D eigenvalue weighted by atomic mass is 16.4. The molecule has 0 aromatic rings. The lowest BCUT2D eigenvalue weighted by Crippen LogP contribution is -2.51. The van der Waals surface area contributed by atoms with Gasteiger partial charge in [0.25, 0.3) is 0 Å². The SMILES string of the molecule is O=C(O)C1CC2CCCC3CCCC(C1C(=O)O)C32. The van der Waals surface area contributed by atoms with E-state index >= 15 is 0 Å². The first kappa shape index (κ1) is 12.9. The van der Waals surface area contributed by atoms with Gasteiger partial charge in [0.2, 0.25) is 0 Å². The van der Waals surface area contributed by atoms with Crippen molar-refractivity contribution in [3.63, 3.8) is 0 Å². The molecule has 6 unspecified atom stereocenters. The minimum absolute atomic E-state index is 0.108. The average Bonchev–Trinajstić information content (AvgIpc) is 2.38. The van der Waals surface area contributed by atoms with Crippen LogP contribution in [-0.2, 0) is 9.59 Å². The van der Waals surface area contributed by atoms with Crippen molar-refractivity contribution in [3.8, 4) is 0 Å². The van der Waals surface area contributed by atoms with Crippen LogP contribution in [0, 0.1) is 35.5 Å². The van der Waals surface area contributed by atoms with Gasteiger partial charge in [0.15, 0.2) is 0 Å². The number of carboxylic acid groups (broad SMARTS) is 2. The summed E-state index contributed by atoms with van der Waals surface area (Å²) in [5, 5.41) is 18.9. The van der Waals surface area contributed by atoms with E-state index in [0.717, 1.165) is 19.3 Å². The van der Waals surface area contributed by atoms with E-state index in [0.29, 0.717) is 24.2 Å². The second kappa shape index (κ2) is 4.80. The molecule has 3 aliphatic carbocycles. The lowest BCUT2D eigenvalue weighted by molar-refractivity contribution is -0.167. The van der Waals surface area contributed by atoms with E-state index in [1.807, 2.05) is 0 Å². The molecule has 4 nitrogen and oxygen atoms in total. The number of carboxylic acids is 2. The van der Waals surface area contributed by atoms with Crippen LogP contribution in [0.1, 0.15) is 44.9 Å². The van der Waals surface area contributed by atoms with E-state index in [2.05, 4.69) is 0 Å². The quantitative estimate of drug-likeness (QED) is 0.805. The number of aliphatic carboxylic acids is 2. The summed E-state index contributed by atoms with van der Waals surface area (Å²) in [5.41, 5.74) is 0. The number of hydrogen-bond donors (Lipinski definition) is 2. The third-order valence-corrected chi connectivity index (χ3v) is 5.90. The van der Waals surface area contributed by atoms with E-state index in [-0.39, 0.29) is 5.92 Å². The molecule has 3 aliphatic rings. The van der Waals surface area contributed by atoms with Gasteiger partial charge in [-0.2, -0.15) is 0 Å². The second-order valence-electron chi connectivity index (χ2n) is 6.67. The van der Waals surface area contributed by atoms with Crippen molar-refractivity contribution in [1.82, 2.24) is 0 Å². The predicted molar refractivity (Wildman–Crippen MR) is 68.5 cm³/mol. The standard InChI is InChI=1S/C15H22O4/c16-14(17)11-7-9-5-1-3-8-4-2-6-10(12(8)9)13(11)15(18)19/h8-13H,1-7H2,(H,16,17)(H,18,19). The zero-order valence-corrected chi connectivity index (χ0v) is 11.1. The number of carbonyl (C=O) groups is 2. The lowest BCUT2D eigenvalue weighted by atomic mass is 9.51. The molecule has 3 saturated carbocycles. The molecule has 19 heavy (non-hydrogen) atoms. The van der Waals surface area contributed by atoms with Crippen molar-refractivity contribution in [1.29, 1.82) is 0 Å². The molecule has 0 heterocycles. The Balaban J connectivity index is 1.94. The monoisotopic (exact) mass is 266 g/mol. The Labute approximate surface area is 113 Å². The summed E-state index contributed by atoms with van der Waals surface area (Å²) in [7, 11) is 0. The maximum absolute atomic E-state index is 11.6. The van der Waals surface area contributed by atoms with Crippen molar-refractivity contribution >= 4 is 11.9 Å². The van der Waals surface area contributed by atoms with Gasteiger partial charge in [0, 0.05) is 0 Å². The zero-order valence-electron chi connectivity index (χ0n) is 11.1. The molecule has 0 aromatic heterocycles. The summed E-state index contributed by atoms with van der Waals surface area (Å²) in [6.07, 6.45) is 7.33. The van der Waals surface area contributed by atoms with Gasteiger partial charge in [0.1, 0.15) is 0 Å². The minimum atomic E-state index is -0.904. The van der Waals surface area contributed by atoms with Crippen molar-refractivity contribution in [3.05, 3.63) is 0 Å². The van der Waals surface area contributed by atoms with Crippen LogP contribution in [-0.4, -0.2) is 22.2 Å². The van der Waals surface area contributed by atoms with Crippen LogP contribution in [0.5, 0.6) is 0 Å². The first-order chi connectivity index (χ1) is 9.09. The van der Waals surface area contributed by atoms with E-state index in [4.69, 9.17) is 0 Å². The van der Waals surface area contributed by atoms with Crippen molar-refractivity contribution in [2.45, 2.75) is 44.9 Å². The van der Waals surface area contributed by atoms with Crippen molar-refractivity contribution in [2.75, 3.05) is 0 Å². The van der Waals surface area contributed by atoms with E-state index < -0.39 is 23.8 Å². The van der Waals surface area contributed by atoms with Crippen LogP contribution in [0.4, 0.5) is 0 Å². The summed E-state index contributed by atoms with van der Waals surface area (Å²) in [6.45, 7) is 0. The van der Waals surface area contributed by atoms with Gasteiger partial charge < -0.3 is 10.2 Å². The van der Waals surface area contributed by atoms with E-state index in [1.54, 1.807) is 0 Å². The molecule has 0 radical (unpaired) electrons. The largest absolute Gasteiger partial charge is 0.481 e. The molecule has 0 spiro atoms. The summed E-state index contributed by atoms with van der Waals surface area (Å²) in [5.74, 6) is -1.40. The first-order valence-electron chi connectivity index (χ1n) is 7.55. The third kappa shape index (κ3) is 2.05. The zero-order chi connectivity index (χ0) is 13.6. The maximum Gasteiger partial charge on any atom is 0.307 e. The first-order valence-corrected chi connectivity index (χ1v) is 7.55. The molecule has 2 N–H and O–H groups in total. The maximum atomic E-state index is 11.6. The van der Waals surface area contributed by atoms with Crippen LogP contribution in [0.25, 0.3) is 0 Å². The van der Waals surface area contributed by atoms with Gasteiger partial charge in [-0.25, -0.2) is 0 Å². The Morgan fingerprint density at radius 2 is 1.47 bits per heavy atom. The molecule has 0 aliphatic heterocycles. The molecule has 3 rings (SSSR count). The Bertz CT molecular complexity index is 390. The fraction of sp³-hybridized carbons (Fsp3) is 0.867. The summed E-state index contributed by atoms with van der Waals surface area (Å²) >= 11 is 0. The van der Waals surface area contributed by atoms with Gasteiger partial charge in [0.05, 0.1) is 11.8 Å². The van der Waals surface area contributed by atoms with Crippen LogP contribution >= 0.6 is 0 Å². The Morgan fingerprint density at radius 3 is 2.11 bits per heavy atom. The highest BCUT2D eigenvalue weighted by Gasteiger charge is 2.54. The van der Waals surface area contributed by atoms with Crippen LogP contribution in [0.15, 0.2) is 0 Å². The molecular weight excluding hydrogens is 244 g/mol. The molecular formula is C15H22O4. The molecule has 106 valence electrons. The smallest absolute Gasteiger partial charge is 0.307 e. The molecule has 0 bridgehead atoms. The molecule has 6 atom stereocenters. The van der Waals surface area contributed by atoms with Gasteiger partial charge in [-0.15, -0.1) is 0 Å².